The molecule has 0 saturated heterocycles. The Hall–Kier alpha value is -2.69. The van der Waals surface area contributed by atoms with Gasteiger partial charge >= 0.3 is 5.97 Å². The molecule has 20 heavy (non-hydrogen) atoms. The van der Waals surface area contributed by atoms with E-state index in [2.05, 4.69) is 16.1 Å². The van der Waals surface area contributed by atoms with Crippen molar-refractivity contribution in [2.75, 3.05) is 0 Å². The number of aromatic carboxylic acids is 1. The molecule has 0 fully saturated rings. The lowest BCUT2D eigenvalue weighted by Gasteiger charge is -2.07. The molecular formula is C15H13N3O2. The summed E-state index contributed by atoms with van der Waals surface area (Å²) < 4.78 is 1.36. The maximum atomic E-state index is 11.1. The van der Waals surface area contributed by atoms with Gasteiger partial charge in [-0.05, 0) is 31.5 Å². The van der Waals surface area contributed by atoms with E-state index in [1.807, 2.05) is 32.0 Å². The minimum atomic E-state index is -1.04. The fourth-order valence-electron chi connectivity index (χ4n) is 2.26. The molecule has 3 aromatic rings. The third-order valence-corrected chi connectivity index (χ3v) is 3.24. The highest BCUT2D eigenvalue weighted by Crippen LogP contribution is 2.22. The molecule has 0 bridgehead atoms. The zero-order valence-electron chi connectivity index (χ0n) is 11.2. The minimum Gasteiger partial charge on any atom is -0.476 e. The van der Waals surface area contributed by atoms with Crippen molar-refractivity contribution < 1.29 is 9.90 Å². The SMILES string of the molecule is Cc1ccc(-c2ccc3ncc(C(=O)O)n3n2)c(C)c1. The van der Waals surface area contributed by atoms with E-state index >= 15 is 0 Å². The topological polar surface area (TPSA) is 67.5 Å². The van der Waals surface area contributed by atoms with Gasteiger partial charge in [-0.25, -0.2) is 14.3 Å². The fourth-order valence-corrected chi connectivity index (χ4v) is 2.26. The van der Waals surface area contributed by atoms with Crippen molar-refractivity contribution in [2.45, 2.75) is 13.8 Å². The average Bonchev–Trinajstić information content (AvgIpc) is 2.81. The number of fused-ring (bicyclic) bond motifs is 1. The number of nitrogens with zero attached hydrogens (tertiary/aromatic N) is 3. The maximum absolute atomic E-state index is 11.1. The second-order valence-electron chi connectivity index (χ2n) is 4.76. The summed E-state index contributed by atoms with van der Waals surface area (Å²) in [5.74, 6) is -1.04. The summed E-state index contributed by atoms with van der Waals surface area (Å²) in [4.78, 5) is 15.2. The molecule has 1 aromatic carbocycles. The Kier molecular flexibility index (Phi) is 2.75. The monoisotopic (exact) mass is 267 g/mol. The quantitative estimate of drug-likeness (QED) is 0.775. The molecule has 0 radical (unpaired) electrons. The maximum Gasteiger partial charge on any atom is 0.356 e. The van der Waals surface area contributed by atoms with E-state index < -0.39 is 5.97 Å². The summed E-state index contributed by atoms with van der Waals surface area (Å²) in [5, 5.41) is 13.5. The number of imidazole rings is 1. The number of aryl methyl sites for hydroxylation is 2. The van der Waals surface area contributed by atoms with Crippen molar-refractivity contribution in [1.29, 1.82) is 0 Å². The average molecular weight is 267 g/mol. The second kappa shape index (κ2) is 4.45. The van der Waals surface area contributed by atoms with Crippen molar-refractivity contribution in [2.24, 2.45) is 0 Å². The molecule has 0 unspecified atom stereocenters. The van der Waals surface area contributed by atoms with Crippen LogP contribution in [0.5, 0.6) is 0 Å². The Morgan fingerprint density at radius 3 is 2.70 bits per heavy atom. The molecule has 0 atom stereocenters. The summed E-state index contributed by atoms with van der Waals surface area (Å²) in [7, 11) is 0. The van der Waals surface area contributed by atoms with Crippen LogP contribution in [-0.4, -0.2) is 25.7 Å². The lowest BCUT2D eigenvalue weighted by Crippen LogP contribution is -2.05. The Morgan fingerprint density at radius 2 is 2.00 bits per heavy atom. The Labute approximate surface area is 115 Å². The molecular weight excluding hydrogens is 254 g/mol. The van der Waals surface area contributed by atoms with Crippen molar-refractivity contribution in [3.05, 3.63) is 53.3 Å². The lowest BCUT2D eigenvalue weighted by molar-refractivity contribution is 0.0688. The van der Waals surface area contributed by atoms with Crippen molar-refractivity contribution in [3.8, 4) is 11.3 Å². The molecule has 100 valence electrons. The highest BCUT2D eigenvalue weighted by molar-refractivity contribution is 5.86. The largest absolute Gasteiger partial charge is 0.476 e. The Balaban J connectivity index is 2.21. The minimum absolute atomic E-state index is 0.0617. The number of rotatable bonds is 2. The van der Waals surface area contributed by atoms with Crippen LogP contribution >= 0.6 is 0 Å². The fraction of sp³-hybridized carbons (Fsp3) is 0.133. The van der Waals surface area contributed by atoms with Gasteiger partial charge in [0.25, 0.3) is 0 Å². The zero-order chi connectivity index (χ0) is 14.3. The third kappa shape index (κ3) is 1.93. The summed E-state index contributed by atoms with van der Waals surface area (Å²) in [6.45, 7) is 4.05. The lowest BCUT2D eigenvalue weighted by atomic mass is 10.0. The number of carboxylic acids is 1. The molecule has 5 nitrogen and oxygen atoms in total. The molecule has 1 N–H and O–H groups in total. The van der Waals surface area contributed by atoms with Gasteiger partial charge in [-0.1, -0.05) is 23.8 Å². The molecule has 0 spiro atoms. The molecule has 0 saturated carbocycles. The summed E-state index contributed by atoms with van der Waals surface area (Å²) in [6, 6.07) is 9.71. The summed E-state index contributed by atoms with van der Waals surface area (Å²) in [6.07, 6.45) is 1.32. The zero-order valence-corrected chi connectivity index (χ0v) is 11.2. The van der Waals surface area contributed by atoms with Crippen LogP contribution in [0.25, 0.3) is 16.9 Å². The van der Waals surface area contributed by atoms with Gasteiger partial charge in [-0.2, -0.15) is 5.10 Å². The highest BCUT2D eigenvalue weighted by Gasteiger charge is 2.13. The summed E-state index contributed by atoms with van der Waals surface area (Å²) >= 11 is 0. The van der Waals surface area contributed by atoms with Crippen LogP contribution in [-0.2, 0) is 0 Å². The first-order chi connectivity index (χ1) is 9.56. The molecule has 0 aliphatic heterocycles. The first kappa shape index (κ1) is 12.3. The standard InChI is InChI=1S/C15H13N3O2/c1-9-3-4-11(10(2)7-9)12-5-6-14-16-8-13(15(19)20)18(14)17-12/h3-8H,1-2H3,(H,19,20). The van der Waals surface area contributed by atoms with Crippen LogP contribution in [0.2, 0.25) is 0 Å². The van der Waals surface area contributed by atoms with Gasteiger partial charge in [-0.15, -0.1) is 0 Å². The Morgan fingerprint density at radius 1 is 1.20 bits per heavy atom. The smallest absolute Gasteiger partial charge is 0.356 e. The Bertz CT molecular complexity index is 821. The first-order valence-corrected chi connectivity index (χ1v) is 6.22. The van der Waals surface area contributed by atoms with Crippen LogP contribution in [0, 0.1) is 13.8 Å². The van der Waals surface area contributed by atoms with Gasteiger partial charge in [0.05, 0.1) is 11.9 Å². The van der Waals surface area contributed by atoms with E-state index in [0.717, 1.165) is 16.8 Å². The molecule has 0 aliphatic rings. The van der Waals surface area contributed by atoms with E-state index in [1.165, 1.54) is 16.3 Å². The molecule has 2 heterocycles. The normalized spacial score (nSPS) is 10.9. The molecule has 2 aromatic heterocycles. The molecule has 5 heteroatoms. The molecule has 0 aliphatic carbocycles. The number of hydrogen-bond donors (Lipinski definition) is 1. The van der Waals surface area contributed by atoms with Gasteiger partial charge in [-0.3, -0.25) is 0 Å². The van der Waals surface area contributed by atoms with Gasteiger partial charge in [0, 0.05) is 5.56 Å². The first-order valence-electron chi connectivity index (χ1n) is 6.22. The van der Waals surface area contributed by atoms with Crippen LogP contribution in [0.4, 0.5) is 0 Å². The molecule has 0 amide bonds. The number of carboxylic acid groups (broad SMARTS) is 1. The van der Waals surface area contributed by atoms with E-state index in [4.69, 9.17) is 5.11 Å². The van der Waals surface area contributed by atoms with Crippen LogP contribution < -0.4 is 0 Å². The molecule has 3 rings (SSSR count). The van der Waals surface area contributed by atoms with Crippen LogP contribution in [0.1, 0.15) is 21.6 Å². The van der Waals surface area contributed by atoms with Gasteiger partial charge in [0.15, 0.2) is 11.3 Å². The number of benzene rings is 1. The van der Waals surface area contributed by atoms with Crippen molar-refractivity contribution in [3.63, 3.8) is 0 Å². The van der Waals surface area contributed by atoms with E-state index in [-0.39, 0.29) is 5.69 Å². The van der Waals surface area contributed by atoms with Crippen molar-refractivity contribution >= 4 is 11.6 Å². The van der Waals surface area contributed by atoms with E-state index in [1.54, 1.807) is 6.07 Å². The second-order valence-corrected chi connectivity index (χ2v) is 4.76. The predicted molar refractivity (Wildman–Crippen MR) is 74.9 cm³/mol. The van der Waals surface area contributed by atoms with E-state index in [0.29, 0.717) is 5.65 Å². The van der Waals surface area contributed by atoms with Gasteiger partial charge in [0.2, 0.25) is 0 Å². The highest BCUT2D eigenvalue weighted by atomic mass is 16.4. The van der Waals surface area contributed by atoms with Crippen molar-refractivity contribution in [1.82, 2.24) is 14.6 Å². The van der Waals surface area contributed by atoms with Crippen LogP contribution in [0.3, 0.4) is 0 Å². The number of carbonyl (C=O) groups is 1. The number of aromatic nitrogens is 3. The summed E-state index contributed by atoms with van der Waals surface area (Å²) in [5.41, 5.74) is 4.59. The van der Waals surface area contributed by atoms with Crippen LogP contribution in [0.15, 0.2) is 36.5 Å². The van der Waals surface area contributed by atoms with E-state index in [9.17, 15) is 4.79 Å². The predicted octanol–water partition coefficient (Wildman–Crippen LogP) is 2.71. The number of hydrogen-bond acceptors (Lipinski definition) is 3. The van der Waals surface area contributed by atoms with Gasteiger partial charge < -0.3 is 5.11 Å². The van der Waals surface area contributed by atoms with Gasteiger partial charge in [0.1, 0.15) is 0 Å². The third-order valence-electron chi connectivity index (χ3n) is 3.24.